The van der Waals surface area contributed by atoms with Crippen LogP contribution in [0.25, 0.3) is 0 Å². The summed E-state index contributed by atoms with van der Waals surface area (Å²) in [6, 6.07) is 11.6. The fourth-order valence-electron chi connectivity index (χ4n) is 2.61. The number of rotatable bonds is 7. The molecule has 0 N–H and O–H groups in total. The molecule has 0 aromatic heterocycles. The van der Waals surface area contributed by atoms with E-state index in [2.05, 4.69) is 0 Å². The first kappa shape index (κ1) is 18.6. The highest BCUT2D eigenvalue weighted by molar-refractivity contribution is 5.99. The van der Waals surface area contributed by atoms with E-state index in [-0.39, 0.29) is 6.04 Å². The van der Waals surface area contributed by atoms with Gasteiger partial charge in [0.2, 0.25) is 0 Å². The second-order valence-corrected chi connectivity index (χ2v) is 5.57. The molecule has 0 fully saturated rings. The van der Waals surface area contributed by atoms with Crippen molar-refractivity contribution < 1.29 is 18.9 Å². The minimum absolute atomic E-state index is 0.0205. The number of nitrogens with zero attached hydrogens (tertiary/aromatic N) is 1. The average Bonchev–Trinajstić information content (AvgIpc) is 2.66. The van der Waals surface area contributed by atoms with E-state index >= 15 is 0 Å². The molecule has 2 aromatic rings. The van der Waals surface area contributed by atoms with Gasteiger partial charge in [0.05, 0.1) is 34.5 Å². The van der Waals surface area contributed by atoms with Gasteiger partial charge in [-0.25, -0.2) is 0 Å². The summed E-state index contributed by atoms with van der Waals surface area (Å²) in [4.78, 5) is 4.80. The van der Waals surface area contributed by atoms with Gasteiger partial charge in [0, 0.05) is 5.71 Å². The van der Waals surface area contributed by atoms with Crippen LogP contribution < -0.4 is 18.9 Å². The summed E-state index contributed by atoms with van der Waals surface area (Å²) in [5.41, 5.74) is 2.96. The molecule has 25 heavy (non-hydrogen) atoms. The highest BCUT2D eigenvalue weighted by Gasteiger charge is 2.11. The molecule has 0 aliphatic heterocycles. The van der Waals surface area contributed by atoms with Crippen molar-refractivity contribution in [1.82, 2.24) is 0 Å². The third-order valence-electron chi connectivity index (χ3n) is 4.08. The van der Waals surface area contributed by atoms with Gasteiger partial charge in [-0.05, 0) is 55.3 Å². The molecule has 0 bridgehead atoms. The highest BCUT2D eigenvalue weighted by atomic mass is 16.5. The van der Waals surface area contributed by atoms with Crippen LogP contribution in [0.1, 0.15) is 31.0 Å². The molecule has 134 valence electrons. The van der Waals surface area contributed by atoms with E-state index in [0.29, 0.717) is 23.0 Å². The molecule has 0 spiro atoms. The van der Waals surface area contributed by atoms with Crippen LogP contribution in [-0.4, -0.2) is 34.2 Å². The van der Waals surface area contributed by atoms with Crippen LogP contribution >= 0.6 is 0 Å². The lowest BCUT2D eigenvalue weighted by atomic mass is 10.1. The Morgan fingerprint density at radius 3 is 1.84 bits per heavy atom. The van der Waals surface area contributed by atoms with Crippen molar-refractivity contribution in [3.63, 3.8) is 0 Å². The number of aliphatic imine (C=N–C) groups is 1. The van der Waals surface area contributed by atoms with E-state index in [1.54, 1.807) is 28.4 Å². The largest absolute Gasteiger partial charge is 0.493 e. The van der Waals surface area contributed by atoms with Crippen molar-refractivity contribution in [2.45, 2.75) is 19.9 Å². The molecule has 5 heteroatoms. The zero-order valence-electron chi connectivity index (χ0n) is 15.6. The van der Waals surface area contributed by atoms with Gasteiger partial charge >= 0.3 is 0 Å². The van der Waals surface area contributed by atoms with Crippen molar-refractivity contribution >= 4 is 5.71 Å². The van der Waals surface area contributed by atoms with Gasteiger partial charge in [0.15, 0.2) is 23.0 Å². The quantitative estimate of drug-likeness (QED) is 0.704. The topological polar surface area (TPSA) is 49.3 Å². The van der Waals surface area contributed by atoms with Crippen molar-refractivity contribution in [3.8, 4) is 23.0 Å². The second kappa shape index (κ2) is 8.42. The van der Waals surface area contributed by atoms with Crippen LogP contribution in [0.2, 0.25) is 0 Å². The summed E-state index contributed by atoms with van der Waals surface area (Å²) in [7, 11) is 6.50. The Hall–Kier alpha value is -2.69. The fraction of sp³-hybridized carbons (Fsp3) is 0.350. The van der Waals surface area contributed by atoms with E-state index in [9.17, 15) is 0 Å². The highest BCUT2D eigenvalue weighted by Crippen LogP contribution is 2.32. The molecule has 0 amide bonds. The smallest absolute Gasteiger partial charge is 0.161 e. The number of benzene rings is 2. The van der Waals surface area contributed by atoms with Crippen LogP contribution in [-0.2, 0) is 0 Å². The Labute approximate surface area is 149 Å². The predicted molar refractivity (Wildman–Crippen MR) is 99.7 cm³/mol. The first-order valence-electron chi connectivity index (χ1n) is 8.02. The van der Waals surface area contributed by atoms with Crippen molar-refractivity contribution in [2.75, 3.05) is 28.4 Å². The Bertz CT molecular complexity index is 755. The van der Waals surface area contributed by atoms with Crippen molar-refractivity contribution in [3.05, 3.63) is 47.5 Å². The Morgan fingerprint density at radius 1 is 0.760 bits per heavy atom. The number of ether oxygens (including phenoxy) is 4. The number of hydrogen-bond acceptors (Lipinski definition) is 5. The first-order chi connectivity index (χ1) is 12.0. The summed E-state index contributed by atoms with van der Waals surface area (Å²) >= 11 is 0. The van der Waals surface area contributed by atoms with Crippen molar-refractivity contribution in [2.24, 2.45) is 4.99 Å². The van der Waals surface area contributed by atoms with Crippen LogP contribution in [0.5, 0.6) is 23.0 Å². The average molecular weight is 343 g/mol. The molecule has 2 aromatic carbocycles. The summed E-state index contributed by atoms with van der Waals surface area (Å²) in [5, 5.41) is 0. The van der Waals surface area contributed by atoms with Gasteiger partial charge in [0.1, 0.15) is 0 Å². The van der Waals surface area contributed by atoms with Crippen LogP contribution in [0.3, 0.4) is 0 Å². The Balaban J connectivity index is 2.30. The molecule has 0 saturated heterocycles. The predicted octanol–water partition coefficient (Wildman–Crippen LogP) is 4.29. The molecule has 1 unspecified atom stereocenters. The molecule has 0 aliphatic rings. The minimum atomic E-state index is -0.0205. The molecule has 0 heterocycles. The van der Waals surface area contributed by atoms with E-state index < -0.39 is 0 Å². The third kappa shape index (κ3) is 4.24. The van der Waals surface area contributed by atoms with E-state index in [1.807, 2.05) is 50.2 Å². The summed E-state index contributed by atoms with van der Waals surface area (Å²) < 4.78 is 21.3. The SMILES string of the molecule is COc1ccc(C(C)=NC(C)c2ccc(OC)c(OC)c2)cc1OC. The summed E-state index contributed by atoms with van der Waals surface area (Å²) in [6.07, 6.45) is 0. The Kier molecular flexibility index (Phi) is 6.28. The van der Waals surface area contributed by atoms with Gasteiger partial charge in [-0.2, -0.15) is 0 Å². The fourth-order valence-corrected chi connectivity index (χ4v) is 2.61. The maximum absolute atomic E-state index is 5.37. The lowest BCUT2D eigenvalue weighted by molar-refractivity contribution is 0.354. The third-order valence-corrected chi connectivity index (χ3v) is 4.08. The summed E-state index contributed by atoms with van der Waals surface area (Å²) in [5.74, 6) is 2.80. The molecule has 2 rings (SSSR count). The van der Waals surface area contributed by atoms with Crippen LogP contribution in [0, 0.1) is 0 Å². The maximum atomic E-state index is 5.37. The molecule has 1 atom stereocenters. The van der Waals surface area contributed by atoms with Gasteiger partial charge in [-0.15, -0.1) is 0 Å². The molecule has 5 nitrogen and oxygen atoms in total. The zero-order valence-corrected chi connectivity index (χ0v) is 15.6. The molecular formula is C20H25NO4. The van der Waals surface area contributed by atoms with Gasteiger partial charge in [-0.1, -0.05) is 6.07 Å². The molecular weight excluding hydrogens is 318 g/mol. The van der Waals surface area contributed by atoms with Gasteiger partial charge < -0.3 is 18.9 Å². The lowest BCUT2D eigenvalue weighted by Crippen LogP contribution is -2.01. The normalized spacial score (nSPS) is 12.5. The zero-order chi connectivity index (χ0) is 18.4. The standard InChI is InChI=1S/C20H25NO4/c1-13(15-7-9-17(22-3)19(11-15)24-5)21-14(2)16-8-10-18(23-4)20(12-16)25-6/h7-13H,1-6H3. The van der Waals surface area contributed by atoms with Crippen LogP contribution in [0.4, 0.5) is 0 Å². The second-order valence-electron chi connectivity index (χ2n) is 5.57. The van der Waals surface area contributed by atoms with E-state index in [0.717, 1.165) is 16.8 Å². The number of methoxy groups -OCH3 is 4. The minimum Gasteiger partial charge on any atom is -0.493 e. The van der Waals surface area contributed by atoms with Gasteiger partial charge in [-0.3, -0.25) is 4.99 Å². The molecule has 0 saturated carbocycles. The van der Waals surface area contributed by atoms with Crippen LogP contribution in [0.15, 0.2) is 41.4 Å². The summed E-state index contributed by atoms with van der Waals surface area (Å²) in [6.45, 7) is 4.03. The maximum Gasteiger partial charge on any atom is 0.161 e. The Morgan fingerprint density at radius 2 is 1.28 bits per heavy atom. The molecule has 0 radical (unpaired) electrons. The molecule has 0 aliphatic carbocycles. The van der Waals surface area contributed by atoms with Crippen molar-refractivity contribution in [1.29, 1.82) is 0 Å². The lowest BCUT2D eigenvalue weighted by Gasteiger charge is -2.14. The number of hydrogen-bond donors (Lipinski definition) is 0. The van der Waals surface area contributed by atoms with E-state index in [4.69, 9.17) is 23.9 Å². The first-order valence-corrected chi connectivity index (χ1v) is 8.02. The monoisotopic (exact) mass is 343 g/mol. The van der Waals surface area contributed by atoms with Gasteiger partial charge in [0.25, 0.3) is 0 Å². The van der Waals surface area contributed by atoms with E-state index in [1.165, 1.54) is 0 Å².